The smallest absolute Gasteiger partial charge is 0.341 e. The van der Waals surface area contributed by atoms with Crippen LogP contribution in [0.1, 0.15) is 54.3 Å². The highest BCUT2D eigenvalue weighted by Crippen LogP contribution is 2.32. The number of esters is 1. The third-order valence-electron chi connectivity index (χ3n) is 7.41. The zero-order valence-electron chi connectivity index (χ0n) is 24.4. The van der Waals surface area contributed by atoms with Crippen LogP contribution in [0, 0.1) is 11.6 Å². The van der Waals surface area contributed by atoms with Crippen molar-refractivity contribution in [3.63, 3.8) is 0 Å². The predicted molar refractivity (Wildman–Crippen MR) is 156 cm³/mol. The molecule has 1 fully saturated rings. The number of halogens is 2. The molecule has 1 unspecified atom stereocenters. The third-order valence-corrected chi connectivity index (χ3v) is 7.41. The number of hydrogen-bond donors (Lipinski definition) is 3. The summed E-state index contributed by atoms with van der Waals surface area (Å²) in [6, 6.07) is 4.29. The number of hydrogen-bond acceptors (Lipinski definition) is 8. The van der Waals surface area contributed by atoms with Gasteiger partial charge < -0.3 is 34.6 Å². The van der Waals surface area contributed by atoms with Crippen LogP contribution >= 0.6 is 0 Å². The molecule has 4 rings (SSSR count). The van der Waals surface area contributed by atoms with Crippen molar-refractivity contribution in [1.82, 2.24) is 9.47 Å². The SMILES string of the molecule is CCOC(=O)c1ccc(NC(=O)CCC(=O)N2CCN(c3c(F)cc4c(=O)c(C(=O)O)cn(CC)c4c3F)CC2C)cc1O. The van der Waals surface area contributed by atoms with Crippen LogP contribution in [0.3, 0.4) is 0 Å². The number of phenolic OH excluding ortho intramolecular Hbond substituents is 1. The number of rotatable bonds is 9. The van der Waals surface area contributed by atoms with Gasteiger partial charge in [-0.05, 0) is 39.0 Å². The summed E-state index contributed by atoms with van der Waals surface area (Å²) in [5, 5.41) is 21.6. The van der Waals surface area contributed by atoms with E-state index in [0.29, 0.717) is 0 Å². The number of amides is 2. The number of pyridine rings is 1. The van der Waals surface area contributed by atoms with Crippen LogP contribution in [-0.4, -0.2) is 75.7 Å². The number of carbonyl (C=O) groups is 4. The molecule has 1 aliphatic heterocycles. The second-order valence-corrected chi connectivity index (χ2v) is 10.3. The molecule has 14 heteroatoms. The highest BCUT2D eigenvalue weighted by atomic mass is 19.1. The Hall–Kier alpha value is -5.01. The average molecular weight is 615 g/mol. The van der Waals surface area contributed by atoms with Crippen molar-refractivity contribution in [2.75, 3.05) is 36.5 Å². The largest absolute Gasteiger partial charge is 0.507 e. The standard InChI is InChI=1S/C30H32F2N4O8/c1-4-34-15-20(29(41)42)28(40)19-13-21(31)27(25(32)26(19)34)35-10-11-36(16(3)14-35)24(39)9-8-23(38)33-17-6-7-18(22(37)12-17)30(43)44-5-2/h6-7,12-13,15-16,37H,4-5,8-11,14H2,1-3H3,(H,33,38)(H,41,42). The number of carbonyl (C=O) groups excluding carboxylic acids is 3. The number of ether oxygens (including phenoxy) is 1. The molecular formula is C30H32F2N4O8. The van der Waals surface area contributed by atoms with Crippen molar-refractivity contribution >= 4 is 46.0 Å². The highest BCUT2D eigenvalue weighted by Gasteiger charge is 2.32. The van der Waals surface area contributed by atoms with Gasteiger partial charge in [0.25, 0.3) is 0 Å². The molecule has 1 atom stereocenters. The van der Waals surface area contributed by atoms with Crippen molar-refractivity contribution in [2.45, 2.75) is 46.2 Å². The van der Waals surface area contributed by atoms with Crippen molar-refractivity contribution in [1.29, 1.82) is 0 Å². The first-order chi connectivity index (χ1) is 20.9. The lowest BCUT2D eigenvalue weighted by Gasteiger charge is -2.41. The molecule has 0 spiro atoms. The van der Waals surface area contributed by atoms with E-state index >= 15 is 8.78 Å². The molecular weight excluding hydrogens is 582 g/mol. The van der Waals surface area contributed by atoms with Crippen LogP contribution < -0.4 is 15.6 Å². The van der Waals surface area contributed by atoms with E-state index in [2.05, 4.69) is 5.32 Å². The molecule has 0 saturated carbocycles. The van der Waals surface area contributed by atoms with E-state index in [1.807, 2.05) is 0 Å². The lowest BCUT2D eigenvalue weighted by atomic mass is 10.1. The Labute approximate surface area is 250 Å². The van der Waals surface area contributed by atoms with E-state index < -0.39 is 46.5 Å². The molecule has 2 aromatic carbocycles. The van der Waals surface area contributed by atoms with Gasteiger partial charge in [0, 0.05) is 63.0 Å². The minimum atomic E-state index is -1.50. The van der Waals surface area contributed by atoms with E-state index in [-0.39, 0.29) is 85.1 Å². The van der Waals surface area contributed by atoms with Crippen molar-refractivity contribution in [3.8, 4) is 5.75 Å². The lowest BCUT2D eigenvalue weighted by molar-refractivity contribution is -0.135. The second kappa shape index (κ2) is 13.1. The molecule has 1 aromatic heterocycles. The summed E-state index contributed by atoms with van der Waals surface area (Å²) < 4.78 is 37.2. The van der Waals surface area contributed by atoms with Gasteiger partial charge in [-0.2, -0.15) is 0 Å². The Morgan fingerprint density at radius 3 is 2.41 bits per heavy atom. The van der Waals surface area contributed by atoms with Crippen LogP contribution in [0.25, 0.3) is 10.9 Å². The Morgan fingerprint density at radius 2 is 1.80 bits per heavy atom. The number of fused-ring (bicyclic) bond motifs is 1. The van der Waals surface area contributed by atoms with Gasteiger partial charge in [0.05, 0.1) is 17.5 Å². The Balaban J connectivity index is 1.42. The minimum Gasteiger partial charge on any atom is -0.507 e. The molecule has 0 aliphatic carbocycles. The molecule has 1 saturated heterocycles. The molecule has 3 aromatic rings. The number of aryl methyl sites for hydroxylation is 1. The van der Waals surface area contributed by atoms with Crippen molar-refractivity contribution in [3.05, 3.63) is 63.4 Å². The fraction of sp³-hybridized carbons (Fsp3) is 0.367. The fourth-order valence-corrected chi connectivity index (χ4v) is 5.28. The molecule has 12 nitrogen and oxygen atoms in total. The van der Waals surface area contributed by atoms with Gasteiger partial charge in [-0.1, -0.05) is 0 Å². The predicted octanol–water partition coefficient (Wildman–Crippen LogP) is 3.34. The molecule has 0 radical (unpaired) electrons. The first kappa shape index (κ1) is 31.9. The third kappa shape index (κ3) is 6.33. The summed E-state index contributed by atoms with van der Waals surface area (Å²) in [5.74, 6) is -5.44. The Morgan fingerprint density at radius 1 is 1.07 bits per heavy atom. The summed E-state index contributed by atoms with van der Waals surface area (Å²) in [7, 11) is 0. The number of aromatic hydroxyl groups is 1. The Bertz CT molecular complexity index is 1710. The number of piperazine rings is 1. The van der Waals surface area contributed by atoms with Gasteiger partial charge >= 0.3 is 11.9 Å². The van der Waals surface area contributed by atoms with E-state index in [4.69, 9.17) is 4.74 Å². The molecule has 2 amide bonds. The first-order valence-electron chi connectivity index (χ1n) is 14.0. The lowest BCUT2D eigenvalue weighted by Crippen LogP contribution is -2.54. The normalized spacial score (nSPS) is 14.9. The quantitative estimate of drug-likeness (QED) is 0.308. The summed E-state index contributed by atoms with van der Waals surface area (Å²) in [6.45, 7) is 5.47. The number of phenols is 1. The molecule has 44 heavy (non-hydrogen) atoms. The van der Waals surface area contributed by atoms with Crippen LogP contribution in [0.2, 0.25) is 0 Å². The molecule has 3 N–H and O–H groups in total. The van der Waals surface area contributed by atoms with Gasteiger partial charge in [-0.3, -0.25) is 14.4 Å². The summed E-state index contributed by atoms with van der Waals surface area (Å²) in [6.07, 6.45) is 0.720. The maximum absolute atomic E-state index is 15.8. The van der Waals surface area contributed by atoms with Crippen LogP contribution in [0.4, 0.5) is 20.2 Å². The van der Waals surface area contributed by atoms with Crippen LogP contribution in [0.15, 0.2) is 35.3 Å². The number of nitrogens with zero attached hydrogens (tertiary/aromatic N) is 3. The molecule has 234 valence electrons. The van der Waals surface area contributed by atoms with E-state index in [0.717, 1.165) is 12.3 Å². The number of benzene rings is 2. The number of anilines is 2. The molecule has 0 bridgehead atoms. The number of nitrogens with one attached hydrogen (secondary N) is 1. The molecule has 2 heterocycles. The van der Waals surface area contributed by atoms with Crippen molar-refractivity contribution < 1.29 is 42.9 Å². The second-order valence-electron chi connectivity index (χ2n) is 10.3. The summed E-state index contributed by atoms with van der Waals surface area (Å²) >= 11 is 0. The van der Waals surface area contributed by atoms with Crippen LogP contribution in [-0.2, 0) is 20.9 Å². The van der Waals surface area contributed by atoms with Gasteiger partial charge in [-0.15, -0.1) is 0 Å². The average Bonchev–Trinajstić information content (AvgIpc) is 2.96. The zero-order chi connectivity index (χ0) is 32.3. The number of aromatic carboxylic acids is 1. The zero-order valence-corrected chi connectivity index (χ0v) is 24.4. The monoisotopic (exact) mass is 614 g/mol. The maximum Gasteiger partial charge on any atom is 0.341 e. The summed E-state index contributed by atoms with van der Waals surface area (Å²) in [4.78, 5) is 64.3. The number of carboxylic acid groups (broad SMARTS) is 1. The Kier molecular flexibility index (Phi) is 9.50. The van der Waals surface area contributed by atoms with E-state index in [9.17, 15) is 34.2 Å². The van der Waals surface area contributed by atoms with Crippen molar-refractivity contribution in [2.24, 2.45) is 0 Å². The minimum absolute atomic E-state index is 0.0522. The van der Waals surface area contributed by atoms with E-state index in [1.54, 1.807) is 20.8 Å². The number of carboxylic acids is 1. The van der Waals surface area contributed by atoms with E-state index in [1.165, 1.54) is 32.6 Å². The summed E-state index contributed by atoms with van der Waals surface area (Å²) in [5.41, 5.74) is -1.99. The highest BCUT2D eigenvalue weighted by molar-refractivity contribution is 5.96. The number of aromatic nitrogens is 1. The fourth-order valence-electron chi connectivity index (χ4n) is 5.28. The molecule has 1 aliphatic rings. The first-order valence-corrected chi connectivity index (χ1v) is 14.0. The van der Waals surface area contributed by atoms with Gasteiger partial charge in [0.2, 0.25) is 17.2 Å². The van der Waals surface area contributed by atoms with Crippen LogP contribution in [0.5, 0.6) is 5.75 Å². The maximum atomic E-state index is 15.8. The van der Waals surface area contributed by atoms with Gasteiger partial charge in [0.1, 0.15) is 28.4 Å². The topological polar surface area (TPSA) is 158 Å². The van der Waals surface area contributed by atoms with Gasteiger partial charge in [-0.25, -0.2) is 18.4 Å². The van der Waals surface area contributed by atoms with Gasteiger partial charge in [0.15, 0.2) is 5.82 Å².